The Bertz CT molecular complexity index is 806. The standard InChI is InChI=1S/C19H25F2N3O/c1-12(20)18(2,3)11-16(25)23-17-22-14-10-13(21)6-7-15(14)24(17)19(4)8-5-9-19/h6-7,10,12H,5,8-9,11H2,1-4H3,(H,22,23,25). The van der Waals surface area contributed by atoms with Crippen molar-refractivity contribution in [3.63, 3.8) is 0 Å². The number of halogens is 2. The molecule has 0 bridgehead atoms. The number of nitrogens with zero attached hydrogens (tertiary/aromatic N) is 2. The van der Waals surface area contributed by atoms with Crippen molar-refractivity contribution in [1.29, 1.82) is 0 Å². The van der Waals surface area contributed by atoms with E-state index in [0.717, 1.165) is 24.8 Å². The molecule has 6 heteroatoms. The van der Waals surface area contributed by atoms with Gasteiger partial charge in [0.1, 0.15) is 12.0 Å². The number of hydrogen-bond donors (Lipinski definition) is 1. The maximum Gasteiger partial charge on any atom is 0.227 e. The van der Waals surface area contributed by atoms with Gasteiger partial charge in [0.2, 0.25) is 11.9 Å². The summed E-state index contributed by atoms with van der Waals surface area (Å²) in [6.45, 7) is 7.02. The maximum atomic E-state index is 13.7. The lowest BCUT2D eigenvalue weighted by Gasteiger charge is -2.41. The molecule has 2 aromatic rings. The van der Waals surface area contributed by atoms with Crippen molar-refractivity contribution < 1.29 is 13.6 Å². The van der Waals surface area contributed by atoms with Crippen molar-refractivity contribution >= 4 is 22.9 Å². The molecule has 1 atom stereocenters. The molecule has 1 aromatic carbocycles. The minimum Gasteiger partial charge on any atom is -0.304 e. The molecule has 1 fully saturated rings. The van der Waals surface area contributed by atoms with Crippen LogP contribution in [0, 0.1) is 11.2 Å². The van der Waals surface area contributed by atoms with Crippen LogP contribution in [0.1, 0.15) is 53.4 Å². The minimum absolute atomic E-state index is 0.0545. The first-order valence-electron chi connectivity index (χ1n) is 8.75. The highest BCUT2D eigenvalue weighted by Gasteiger charge is 2.37. The maximum absolute atomic E-state index is 13.7. The van der Waals surface area contributed by atoms with Crippen LogP contribution in [0.4, 0.5) is 14.7 Å². The Morgan fingerprint density at radius 3 is 2.68 bits per heavy atom. The highest BCUT2D eigenvalue weighted by atomic mass is 19.1. The number of imidazole rings is 1. The number of hydrogen-bond acceptors (Lipinski definition) is 2. The highest BCUT2D eigenvalue weighted by molar-refractivity contribution is 5.92. The summed E-state index contributed by atoms with van der Waals surface area (Å²) in [5.41, 5.74) is 0.421. The molecule has 0 aliphatic heterocycles. The number of fused-ring (bicyclic) bond motifs is 1. The van der Waals surface area contributed by atoms with Crippen LogP contribution in [0.25, 0.3) is 11.0 Å². The van der Waals surface area contributed by atoms with Crippen molar-refractivity contribution in [1.82, 2.24) is 9.55 Å². The van der Waals surface area contributed by atoms with Gasteiger partial charge in [0.15, 0.2) is 0 Å². The average molecular weight is 349 g/mol. The van der Waals surface area contributed by atoms with Gasteiger partial charge in [-0.15, -0.1) is 0 Å². The van der Waals surface area contributed by atoms with Crippen LogP contribution in [-0.4, -0.2) is 21.6 Å². The summed E-state index contributed by atoms with van der Waals surface area (Å²) in [5, 5.41) is 2.83. The first-order chi connectivity index (χ1) is 11.6. The van der Waals surface area contributed by atoms with Gasteiger partial charge in [-0.3, -0.25) is 10.1 Å². The van der Waals surface area contributed by atoms with Crippen LogP contribution < -0.4 is 5.32 Å². The number of nitrogens with one attached hydrogen (secondary N) is 1. The van der Waals surface area contributed by atoms with Gasteiger partial charge in [-0.2, -0.15) is 0 Å². The summed E-state index contributed by atoms with van der Waals surface area (Å²) < 4.78 is 29.2. The molecule has 1 aliphatic rings. The van der Waals surface area contributed by atoms with Crippen LogP contribution in [0.5, 0.6) is 0 Å². The number of carbonyl (C=O) groups is 1. The monoisotopic (exact) mass is 349 g/mol. The molecule has 1 aliphatic carbocycles. The fourth-order valence-electron chi connectivity index (χ4n) is 3.32. The second-order valence-electron chi connectivity index (χ2n) is 8.08. The van der Waals surface area contributed by atoms with Crippen LogP contribution in [0.3, 0.4) is 0 Å². The van der Waals surface area contributed by atoms with Crippen molar-refractivity contribution in [3.05, 3.63) is 24.0 Å². The second kappa shape index (κ2) is 6.07. The van der Waals surface area contributed by atoms with Gasteiger partial charge >= 0.3 is 0 Å². The molecule has 0 spiro atoms. The lowest BCUT2D eigenvalue weighted by Crippen LogP contribution is -2.38. The molecule has 1 heterocycles. The van der Waals surface area contributed by atoms with E-state index in [1.165, 1.54) is 19.1 Å². The van der Waals surface area contributed by atoms with E-state index in [0.29, 0.717) is 11.5 Å². The Morgan fingerprint density at radius 1 is 1.44 bits per heavy atom. The fourth-order valence-corrected chi connectivity index (χ4v) is 3.32. The van der Waals surface area contributed by atoms with E-state index in [2.05, 4.69) is 17.2 Å². The zero-order chi connectivity index (χ0) is 18.4. The van der Waals surface area contributed by atoms with E-state index < -0.39 is 11.6 Å². The number of anilines is 1. The zero-order valence-electron chi connectivity index (χ0n) is 15.2. The average Bonchev–Trinajstić information content (AvgIpc) is 2.80. The predicted molar refractivity (Wildman–Crippen MR) is 94.8 cm³/mol. The molecule has 1 N–H and O–H groups in total. The summed E-state index contributed by atoms with van der Waals surface area (Å²) in [7, 11) is 0. The van der Waals surface area contributed by atoms with Crippen LogP contribution >= 0.6 is 0 Å². The zero-order valence-corrected chi connectivity index (χ0v) is 15.2. The molecular formula is C19H25F2N3O. The molecule has 0 saturated heterocycles. The van der Waals surface area contributed by atoms with Crippen molar-refractivity contribution in [2.45, 2.75) is 65.1 Å². The van der Waals surface area contributed by atoms with E-state index in [1.54, 1.807) is 19.9 Å². The number of rotatable bonds is 5. The van der Waals surface area contributed by atoms with Crippen LogP contribution in [-0.2, 0) is 10.3 Å². The quantitative estimate of drug-likeness (QED) is 0.844. The summed E-state index contributed by atoms with van der Waals surface area (Å²) in [5.74, 6) is -0.231. The third kappa shape index (κ3) is 3.26. The summed E-state index contributed by atoms with van der Waals surface area (Å²) in [6.07, 6.45) is 2.02. The molecule has 1 unspecified atom stereocenters. The molecule has 0 radical (unpaired) electrons. The van der Waals surface area contributed by atoms with Gasteiger partial charge < -0.3 is 4.57 Å². The molecule has 4 nitrogen and oxygen atoms in total. The third-order valence-corrected chi connectivity index (χ3v) is 5.53. The Kier molecular flexibility index (Phi) is 4.33. The molecular weight excluding hydrogens is 324 g/mol. The number of amides is 1. The van der Waals surface area contributed by atoms with Gasteiger partial charge in [0, 0.05) is 23.4 Å². The lowest BCUT2D eigenvalue weighted by molar-refractivity contribution is -0.119. The fraction of sp³-hybridized carbons (Fsp3) is 0.579. The van der Waals surface area contributed by atoms with E-state index in [4.69, 9.17) is 0 Å². The first-order valence-corrected chi connectivity index (χ1v) is 8.75. The van der Waals surface area contributed by atoms with E-state index in [1.807, 2.05) is 4.57 Å². The molecule has 1 amide bonds. The van der Waals surface area contributed by atoms with Crippen LogP contribution in [0.2, 0.25) is 0 Å². The number of alkyl halides is 1. The number of benzene rings is 1. The predicted octanol–water partition coefficient (Wildman–Crippen LogP) is 4.79. The molecule has 1 aromatic heterocycles. The second-order valence-corrected chi connectivity index (χ2v) is 8.08. The van der Waals surface area contributed by atoms with Gasteiger partial charge in [-0.05, 0) is 45.2 Å². The van der Waals surface area contributed by atoms with Crippen molar-refractivity contribution in [2.24, 2.45) is 5.41 Å². The minimum atomic E-state index is -1.10. The summed E-state index contributed by atoms with van der Waals surface area (Å²) in [4.78, 5) is 16.9. The topological polar surface area (TPSA) is 46.9 Å². The van der Waals surface area contributed by atoms with Crippen LogP contribution in [0.15, 0.2) is 18.2 Å². The van der Waals surface area contributed by atoms with Gasteiger partial charge in [0.05, 0.1) is 11.0 Å². The Hall–Kier alpha value is -1.98. The van der Waals surface area contributed by atoms with Gasteiger partial charge in [0.25, 0.3) is 0 Å². The third-order valence-electron chi connectivity index (χ3n) is 5.53. The molecule has 3 rings (SSSR count). The lowest BCUT2D eigenvalue weighted by atomic mass is 9.78. The van der Waals surface area contributed by atoms with E-state index in [9.17, 15) is 13.6 Å². The summed E-state index contributed by atoms with van der Waals surface area (Å²) >= 11 is 0. The van der Waals surface area contributed by atoms with Gasteiger partial charge in [-0.25, -0.2) is 13.8 Å². The Morgan fingerprint density at radius 2 is 2.12 bits per heavy atom. The SMILES string of the molecule is CC(F)C(C)(C)CC(=O)Nc1nc2cc(F)ccc2n1C1(C)CCC1. The Labute approximate surface area is 146 Å². The highest BCUT2D eigenvalue weighted by Crippen LogP contribution is 2.43. The first kappa shape index (κ1) is 17.8. The molecule has 136 valence electrons. The number of aromatic nitrogens is 2. The Balaban J connectivity index is 1.95. The number of carbonyl (C=O) groups excluding carboxylic acids is 1. The van der Waals surface area contributed by atoms with Crippen molar-refractivity contribution in [2.75, 3.05) is 5.32 Å². The summed E-state index contributed by atoms with van der Waals surface area (Å²) in [6, 6.07) is 4.48. The van der Waals surface area contributed by atoms with E-state index >= 15 is 0 Å². The molecule has 1 saturated carbocycles. The smallest absolute Gasteiger partial charge is 0.227 e. The van der Waals surface area contributed by atoms with Gasteiger partial charge in [-0.1, -0.05) is 13.8 Å². The normalized spacial score (nSPS) is 18.0. The molecule has 25 heavy (non-hydrogen) atoms. The van der Waals surface area contributed by atoms with E-state index in [-0.39, 0.29) is 23.7 Å². The van der Waals surface area contributed by atoms with Crippen molar-refractivity contribution in [3.8, 4) is 0 Å². The largest absolute Gasteiger partial charge is 0.304 e.